The molecule has 6 nitrogen and oxygen atoms in total. The Labute approximate surface area is 163 Å². The second kappa shape index (κ2) is 8.90. The van der Waals surface area contributed by atoms with Crippen molar-refractivity contribution in [1.82, 2.24) is 9.88 Å². The largest absolute Gasteiger partial charge is 0.497 e. The molecule has 0 bridgehead atoms. The van der Waals surface area contributed by atoms with Crippen molar-refractivity contribution in [2.24, 2.45) is 4.99 Å². The first-order valence-electron chi connectivity index (χ1n) is 8.94. The zero-order chi connectivity index (χ0) is 19.2. The molecule has 1 saturated heterocycles. The fourth-order valence-electron chi connectivity index (χ4n) is 2.81. The molecule has 1 aromatic heterocycles. The summed E-state index contributed by atoms with van der Waals surface area (Å²) >= 11 is 1.59. The van der Waals surface area contributed by atoms with E-state index in [9.17, 15) is 4.79 Å². The van der Waals surface area contributed by atoms with Crippen molar-refractivity contribution in [1.29, 1.82) is 0 Å². The van der Waals surface area contributed by atoms with Crippen LogP contribution in [0.25, 0.3) is 0 Å². The number of benzene rings is 1. The van der Waals surface area contributed by atoms with Crippen molar-refractivity contribution in [2.75, 3.05) is 19.5 Å². The molecule has 0 saturated carbocycles. The van der Waals surface area contributed by atoms with Gasteiger partial charge in [0.2, 0.25) is 5.88 Å². The summed E-state index contributed by atoms with van der Waals surface area (Å²) in [6.07, 6.45) is 2.48. The van der Waals surface area contributed by atoms with Crippen molar-refractivity contribution in [3.8, 4) is 11.6 Å². The van der Waals surface area contributed by atoms with Crippen LogP contribution in [0.3, 0.4) is 0 Å². The molecule has 1 aliphatic heterocycles. The van der Waals surface area contributed by atoms with Gasteiger partial charge in [-0.05, 0) is 49.7 Å². The lowest BCUT2D eigenvalue weighted by Crippen LogP contribution is -2.39. The summed E-state index contributed by atoms with van der Waals surface area (Å²) in [5.41, 5.74) is 1.24. The van der Waals surface area contributed by atoms with Gasteiger partial charge in [0.15, 0.2) is 5.17 Å². The molecule has 0 aliphatic carbocycles. The van der Waals surface area contributed by atoms with E-state index in [4.69, 9.17) is 14.5 Å². The topological polar surface area (TPSA) is 64.0 Å². The number of ether oxygens (including phenoxy) is 2. The van der Waals surface area contributed by atoms with Crippen LogP contribution in [0.4, 0.5) is 5.69 Å². The van der Waals surface area contributed by atoms with Gasteiger partial charge in [0.25, 0.3) is 5.91 Å². The van der Waals surface area contributed by atoms with Crippen LogP contribution in [0.2, 0.25) is 0 Å². The second-order valence-corrected chi connectivity index (χ2v) is 6.92. The normalized spacial score (nSPS) is 18.0. The molecule has 2 heterocycles. The van der Waals surface area contributed by atoms with E-state index in [1.165, 1.54) is 0 Å². The number of hydrogen-bond donors (Lipinski definition) is 0. The Balaban J connectivity index is 1.94. The van der Waals surface area contributed by atoms with Crippen LogP contribution in [0.5, 0.6) is 11.6 Å². The van der Waals surface area contributed by atoms with Crippen LogP contribution in [-0.4, -0.2) is 46.5 Å². The highest BCUT2D eigenvalue weighted by atomic mass is 32.2. The van der Waals surface area contributed by atoms with Gasteiger partial charge >= 0.3 is 0 Å². The summed E-state index contributed by atoms with van der Waals surface area (Å²) in [6, 6.07) is 11.1. The highest BCUT2D eigenvalue weighted by Gasteiger charge is 2.36. The quantitative estimate of drug-likeness (QED) is 0.748. The molecule has 27 heavy (non-hydrogen) atoms. The molecule has 7 heteroatoms. The number of pyridine rings is 1. The van der Waals surface area contributed by atoms with Gasteiger partial charge in [-0.15, -0.1) is 0 Å². The molecular weight excluding hydrogens is 362 g/mol. The van der Waals surface area contributed by atoms with E-state index in [2.05, 4.69) is 11.9 Å². The van der Waals surface area contributed by atoms with Crippen molar-refractivity contribution in [3.05, 3.63) is 48.2 Å². The Bertz CT molecular complexity index is 823. The lowest BCUT2D eigenvalue weighted by molar-refractivity contribution is 0.0814. The van der Waals surface area contributed by atoms with Crippen LogP contribution < -0.4 is 9.47 Å². The molecule has 0 spiro atoms. The molecule has 1 aliphatic rings. The third kappa shape index (κ3) is 4.24. The number of methoxy groups -OCH3 is 1. The van der Waals surface area contributed by atoms with Gasteiger partial charge in [0.1, 0.15) is 11.3 Å². The Kier molecular flexibility index (Phi) is 6.34. The Hall–Kier alpha value is -2.54. The van der Waals surface area contributed by atoms with Crippen molar-refractivity contribution < 1.29 is 14.3 Å². The van der Waals surface area contributed by atoms with E-state index in [1.54, 1.807) is 42.1 Å². The number of carbonyl (C=O) groups excluding carboxylic acids is 1. The van der Waals surface area contributed by atoms with Gasteiger partial charge < -0.3 is 9.47 Å². The predicted octanol–water partition coefficient (Wildman–Crippen LogP) is 4.14. The zero-order valence-corrected chi connectivity index (χ0v) is 16.5. The number of thioether (sulfide) groups is 1. The number of nitrogens with zero attached hydrogens (tertiary/aromatic N) is 3. The van der Waals surface area contributed by atoms with Crippen LogP contribution >= 0.6 is 11.8 Å². The number of hydrogen-bond acceptors (Lipinski definition) is 6. The molecule has 3 rings (SSSR count). The Morgan fingerprint density at radius 1 is 1.30 bits per heavy atom. The fraction of sp³-hybridized carbons (Fsp3) is 0.350. The number of aromatic nitrogens is 1. The third-order valence-corrected chi connectivity index (χ3v) is 5.34. The minimum Gasteiger partial charge on any atom is -0.497 e. The van der Waals surface area contributed by atoms with Gasteiger partial charge in [0.05, 0.1) is 19.4 Å². The van der Waals surface area contributed by atoms with Gasteiger partial charge in [-0.25, -0.2) is 9.98 Å². The highest BCUT2D eigenvalue weighted by Crippen LogP contribution is 2.32. The number of rotatable bonds is 6. The minimum absolute atomic E-state index is 0.0918. The molecule has 0 N–H and O–H groups in total. The van der Waals surface area contributed by atoms with E-state index in [1.807, 2.05) is 31.2 Å². The van der Waals surface area contributed by atoms with E-state index in [0.717, 1.165) is 23.6 Å². The Morgan fingerprint density at radius 2 is 2.07 bits per heavy atom. The summed E-state index contributed by atoms with van der Waals surface area (Å²) in [4.78, 5) is 24.0. The van der Waals surface area contributed by atoms with Gasteiger partial charge in [-0.1, -0.05) is 18.7 Å². The maximum absolute atomic E-state index is 13.3. The predicted molar refractivity (Wildman–Crippen MR) is 108 cm³/mol. The molecule has 1 aromatic carbocycles. The standard InChI is InChI=1S/C20H23N3O3S/c1-4-15-13-27-20(22-14-8-10-16(25-3)11-9-14)23(15)19(24)17-7-6-12-21-18(17)26-5-2/h6-12,15H,4-5,13H2,1-3H3/t15-/m0/s1. The average Bonchev–Trinajstić information content (AvgIpc) is 3.11. The van der Waals surface area contributed by atoms with Gasteiger partial charge in [-0.3, -0.25) is 9.69 Å². The number of carbonyl (C=O) groups is 1. The number of amidine groups is 1. The number of amides is 1. The summed E-state index contributed by atoms with van der Waals surface area (Å²) < 4.78 is 10.7. The summed E-state index contributed by atoms with van der Waals surface area (Å²) in [7, 11) is 1.63. The van der Waals surface area contributed by atoms with Crippen molar-refractivity contribution >= 4 is 28.5 Å². The van der Waals surface area contributed by atoms with Crippen LogP contribution in [0, 0.1) is 0 Å². The maximum Gasteiger partial charge on any atom is 0.265 e. The second-order valence-electron chi connectivity index (χ2n) is 5.93. The molecule has 1 atom stereocenters. The van der Waals surface area contributed by atoms with Crippen LogP contribution in [-0.2, 0) is 0 Å². The third-order valence-electron chi connectivity index (χ3n) is 4.25. The molecule has 0 unspecified atom stereocenters. The van der Waals surface area contributed by atoms with Crippen LogP contribution in [0.15, 0.2) is 47.6 Å². The first kappa shape index (κ1) is 19.2. The number of aliphatic imine (C=N–C) groups is 1. The lowest BCUT2D eigenvalue weighted by Gasteiger charge is -2.23. The van der Waals surface area contributed by atoms with E-state index in [-0.39, 0.29) is 11.9 Å². The van der Waals surface area contributed by atoms with E-state index >= 15 is 0 Å². The average molecular weight is 385 g/mol. The summed E-state index contributed by atoms with van der Waals surface area (Å²) in [5.74, 6) is 1.83. The van der Waals surface area contributed by atoms with Gasteiger partial charge in [-0.2, -0.15) is 0 Å². The maximum atomic E-state index is 13.3. The first-order valence-corrected chi connectivity index (χ1v) is 9.93. The fourth-order valence-corrected chi connectivity index (χ4v) is 4.08. The summed E-state index contributed by atoms with van der Waals surface area (Å²) in [5, 5.41) is 0.698. The van der Waals surface area contributed by atoms with Crippen LogP contribution in [0.1, 0.15) is 30.6 Å². The van der Waals surface area contributed by atoms with E-state index < -0.39 is 0 Å². The molecule has 2 aromatic rings. The van der Waals surface area contributed by atoms with Crippen molar-refractivity contribution in [3.63, 3.8) is 0 Å². The molecular formula is C20H23N3O3S. The lowest BCUT2D eigenvalue weighted by atomic mass is 10.2. The Morgan fingerprint density at radius 3 is 2.74 bits per heavy atom. The monoisotopic (exact) mass is 385 g/mol. The minimum atomic E-state index is -0.129. The van der Waals surface area contributed by atoms with E-state index in [0.29, 0.717) is 23.2 Å². The molecule has 1 amide bonds. The molecule has 142 valence electrons. The summed E-state index contributed by atoms with van der Waals surface area (Å²) in [6.45, 7) is 4.41. The highest BCUT2D eigenvalue weighted by molar-refractivity contribution is 8.14. The van der Waals surface area contributed by atoms with Crippen molar-refractivity contribution in [2.45, 2.75) is 26.3 Å². The SMILES string of the molecule is CCOc1ncccc1C(=O)N1C(=Nc2ccc(OC)cc2)SC[C@@H]1CC. The first-order chi connectivity index (χ1) is 13.2. The van der Waals surface area contributed by atoms with Gasteiger partial charge in [0, 0.05) is 18.0 Å². The smallest absolute Gasteiger partial charge is 0.265 e. The zero-order valence-electron chi connectivity index (χ0n) is 15.7. The molecule has 1 fully saturated rings. The molecule has 0 radical (unpaired) electrons.